The molecule has 0 bridgehead atoms. The minimum atomic E-state index is 0.403. The number of carbonyl (C=O) groups is 1. The second-order valence-electron chi connectivity index (χ2n) is 2.23. The highest BCUT2D eigenvalue weighted by Crippen LogP contribution is 2.23. The van der Waals surface area contributed by atoms with Gasteiger partial charge in [0, 0.05) is 10.6 Å². The summed E-state index contributed by atoms with van der Waals surface area (Å²) in [6, 6.07) is 4.59. The molecule has 0 heterocycles. The van der Waals surface area contributed by atoms with Gasteiger partial charge < -0.3 is 4.74 Å². The molecule has 0 saturated heterocycles. The number of azide groups is 1. The largest absolute Gasteiger partial charge is 0.496 e. The zero-order valence-electron chi connectivity index (χ0n) is 6.97. The summed E-state index contributed by atoms with van der Waals surface area (Å²) in [4.78, 5) is 13.1. The van der Waals surface area contributed by atoms with Crippen LogP contribution < -0.4 is 4.74 Å². The molecule has 0 fully saturated rings. The molecule has 0 radical (unpaired) electrons. The van der Waals surface area contributed by atoms with Gasteiger partial charge in [0.1, 0.15) is 5.75 Å². The summed E-state index contributed by atoms with van der Waals surface area (Å²) in [6.45, 7) is 0. The number of benzene rings is 1. The number of methoxy groups -OCH3 is 1. The third kappa shape index (κ3) is 1.98. The summed E-state index contributed by atoms with van der Waals surface area (Å²) in [5.74, 6) is 0.403. The minimum absolute atomic E-state index is 0.403. The van der Waals surface area contributed by atoms with Gasteiger partial charge in [-0.05, 0) is 17.7 Å². The molecule has 0 atom stereocenters. The lowest BCUT2D eigenvalue weighted by Gasteiger charge is -2.02. The van der Waals surface area contributed by atoms with Gasteiger partial charge in [-0.3, -0.25) is 4.79 Å². The third-order valence-electron chi connectivity index (χ3n) is 1.50. The predicted octanol–water partition coefficient (Wildman–Crippen LogP) is 2.45. The Bertz CT molecular complexity index is 370. The van der Waals surface area contributed by atoms with Crippen molar-refractivity contribution in [1.82, 2.24) is 0 Å². The first-order chi connectivity index (χ1) is 6.31. The van der Waals surface area contributed by atoms with E-state index in [2.05, 4.69) is 10.0 Å². The van der Waals surface area contributed by atoms with E-state index in [1.165, 1.54) is 19.2 Å². The molecule has 1 aromatic carbocycles. The molecule has 0 aliphatic heterocycles. The van der Waals surface area contributed by atoms with Crippen LogP contribution >= 0.6 is 0 Å². The van der Waals surface area contributed by atoms with Crippen molar-refractivity contribution >= 4 is 12.0 Å². The van der Waals surface area contributed by atoms with E-state index in [0.717, 1.165) is 0 Å². The van der Waals surface area contributed by atoms with Crippen molar-refractivity contribution in [3.05, 3.63) is 34.2 Å². The third-order valence-corrected chi connectivity index (χ3v) is 1.50. The maximum Gasteiger partial charge on any atom is 0.153 e. The molecule has 0 saturated carbocycles. The lowest BCUT2D eigenvalue weighted by Crippen LogP contribution is -1.88. The molecule has 13 heavy (non-hydrogen) atoms. The van der Waals surface area contributed by atoms with Crippen LogP contribution in [0.2, 0.25) is 0 Å². The van der Waals surface area contributed by atoms with E-state index >= 15 is 0 Å². The van der Waals surface area contributed by atoms with Crippen molar-refractivity contribution in [2.45, 2.75) is 0 Å². The van der Waals surface area contributed by atoms with Crippen molar-refractivity contribution in [2.75, 3.05) is 7.11 Å². The van der Waals surface area contributed by atoms with E-state index in [9.17, 15) is 4.79 Å². The normalized spacial score (nSPS) is 8.69. The smallest absolute Gasteiger partial charge is 0.153 e. The standard InChI is InChI=1S/C8H7N3O2/c1-13-8-4-7(10-11-9)3-2-6(8)5-12/h2-5H,1H3. The lowest BCUT2D eigenvalue weighted by molar-refractivity contribution is 0.112. The zero-order valence-corrected chi connectivity index (χ0v) is 6.97. The summed E-state index contributed by atoms with van der Waals surface area (Å²) >= 11 is 0. The van der Waals surface area contributed by atoms with Crippen LogP contribution in [0.25, 0.3) is 10.4 Å². The first-order valence-electron chi connectivity index (χ1n) is 3.50. The highest BCUT2D eigenvalue weighted by molar-refractivity contribution is 5.80. The summed E-state index contributed by atoms with van der Waals surface area (Å²) in [5.41, 5.74) is 9.01. The monoisotopic (exact) mass is 177 g/mol. The van der Waals surface area contributed by atoms with Gasteiger partial charge in [-0.15, -0.1) is 0 Å². The van der Waals surface area contributed by atoms with Gasteiger partial charge in [-0.2, -0.15) is 0 Å². The Balaban J connectivity index is 3.19. The fraction of sp³-hybridized carbons (Fsp3) is 0.125. The number of ether oxygens (including phenoxy) is 1. The molecule has 0 aliphatic rings. The van der Waals surface area contributed by atoms with Gasteiger partial charge in [0.05, 0.1) is 12.7 Å². The van der Waals surface area contributed by atoms with Crippen molar-refractivity contribution in [3.63, 3.8) is 0 Å². The van der Waals surface area contributed by atoms with E-state index in [-0.39, 0.29) is 0 Å². The molecular formula is C8H7N3O2. The molecule has 0 unspecified atom stereocenters. The van der Waals surface area contributed by atoms with Crippen LogP contribution in [0.3, 0.4) is 0 Å². The van der Waals surface area contributed by atoms with Gasteiger partial charge in [-0.1, -0.05) is 11.2 Å². The lowest BCUT2D eigenvalue weighted by atomic mass is 10.2. The second kappa shape index (κ2) is 4.13. The first kappa shape index (κ1) is 9.09. The minimum Gasteiger partial charge on any atom is -0.496 e. The highest BCUT2D eigenvalue weighted by Gasteiger charge is 2.01. The molecule has 66 valence electrons. The van der Waals surface area contributed by atoms with Gasteiger partial charge in [-0.25, -0.2) is 0 Å². The van der Waals surface area contributed by atoms with Crippen molar-refractivity contribution in [2.24, 2.45) is 5.11 Å². The Kier molecular flexibility index (Phi) is 2.89. The average molecular weight is 177 g/mol. The summed E-state index contributed by atoms with van der Waals surface area (Å²) in [5, 5.41) is 3.38. The molecule has 5 heteroatoms. The maximum atomic E-state index is 10.5. The van der Waals surface area contributed by atoms with E-state index in [1.807, 2.05) is 0 Å². The Labute approximate surface area is 74.6 Å². The number of hydrogen-bond acceptors (Lipinski definition) is 3. The average Bonchev–Trinajstić information content (AvgIpc) is 2.18. The fourth-order valence-corrected chi connectivity index (χ4v) is 0.911. The Morgan fingerprint density at radius 1 is 1.62 bits per heavy atom. The van der Waals surface area contributed by atoms with Crippen LogP contribution in [0, 0.1) is 0 Å². The predicted molar refractivity (Wildman–Crippen MR) is 47.2 cm³/mol. The second-order valence-corrected chi connectivity index (χ2v) is 2.23. The SMILES string of the molecule is COc1cc(N=[N+]=[N-])ccc1C=O. The van der Waals surface area contributed by atoms with Gasteiger partial charge >= 0.3 is 0 Å². The molecule has 1 rings (SSSR count). The number of rotatable bonds is 3. The molecule has 0 spiro atoms. The van der Waals surface area contributed by atoms with E-state index in [1.54, 1.807) is 6.07 Å². The number of carbonyl (C=O) groups excluding carboxylic acids is 1. The van der Waals surface area contributed by atoms with Crippen LogP contribution in [0.1, 0.15) is 10.4 Å². The summed E-state index contributed by atoms with van der Waals surface area (Å²) in [6.07, 6.45) is 0.679. The quantitative estimate of drug-likeness (QED) is 0.307. The van der Waals surface area contributed by atoms with Crippen LogP contribution in [0.5, 0.6) is 5.75 Å². The van der Waals surface area contributed by atoms with Crippen LogP contribution in [0.15, 0.2) is 23.3 Å². The van der Waals surface area contributed by atoms with Crippen LogP contribution in [0.4, 0.5) is 5.69 Å². The molecule has 0 amide bonds. The van der Waals surface area contributed by atoms with Gasteiger partial charge in [0.15, 0.2) is 6.29 Å². The Morgan fingerprint density at radius 2 is 2.38 bits per heavy atom. The van der Waals surface area contributed by atoms with Gasteiger partial charge in [0.25, 0.3) is 0 Å². The Hall–Kier alpha value is -2.00. The van der Waals surface area contributed by atoms with E-state index in [4.69, 9.17) is 10.3 Å². The summed E-state index contributed by atoms with van der Waals surface area (Å²) in [7, 11) is 1.45. The highest BCUT2D eigenvalue weighted by atomic mass is 16.5. The topological polar surface area (TPSA) is 75.1 Å². The zero-order chi connectivity index (χ0) is 9.68. The summed E-state index contributed by atoms with van der Waals surface area (Å²) < 4.78 is 4.91. The van der Waals surface area contributed by atoms with Crippen molar-refractivity contribution < 1.29 is 9.53 Å². The Morgan fingerprint density at radius 3 is 2.92 bits per heavy atom. The van der Waals surface area contributed by atoms with Gasteiger partial charge in [0.2, 0.25) is 0 Å². The van der Waals surface area contributed by atoms with E-state index < -0.39 is 0 Å². The number of hydrogen-bond donors (Lipinski definition) is 0. The molecule has 1 aromatic rings. The first-order valence-corrected chi connectivity index (χ1v) is 3.50. The molecular weight excluding hydrogens is 170 g/mol. The number of aldehydes is 1. The fourth-order valence-electron chi connectivity index (χ4n) is 0.911. The van der Waals surface area contributed by atoms with Crippen molar-refractivity contribution in [3.8, 4) is 5.75 Å². The molecule has 5 nitrogen and oxygen atoms in total. The molecule has 0 aliphatic carbocycles. The van der Waals surface area contributed by atoms with Crippen LogP contribution in [-0.4, -0.2) is 13.4 Å². The maximum absolute atomic E-state index is 10.5. The van der Waals surface area contributed by atoms with E-state index in [0.29, 0.717) is 23.3 Å². The van der Waals surface area contributed by atoms with Crippen LogP contribution in [-0.2, 0) is 0 Å². The molecule has 0 aromatic heterocycles. The van der Waals surface area contributed by atoms with Crippen molar-refractivity contribution in [1.29, 1.82) is 0 Å². The molecule has 0 N–H and O–H groups in total. The number of nitrogens with zero attached hydrogens (tertiary/aromatic N) is 3.